The minimum atomic E-state index is 0.0925. The molecule has 0 saturated heterocycles. The molecule has 1 rings (SSSR count). The van der Waals surface area contributed by atoms with Crippen molar-refractivity contribution < 1.29 is 4.79 Å². The highest BCUT2D eigenvalue weighted by Crippen LogP contribution is 2.23. The van der Waals surface area contributed by atoms with Gasteiger partial charge in [-0.3, -0.25) is 4.79 Å². The molecule has 0 bridgehead atoms. The van der Waals surface area contributed by atoms with E-state index in [4.69, 9.17) is 0 Å². The molecule has 2 heteroatoms. The van der Waals surface area contributed by atoms with E-state index in [9.17, 15) is 4.79 Å². The number of carbonyl (C=O) groups is 1. The maximum absolute atomic E-state index is 12.3. The molecular formula is C15H23NO. The highest BCUT2D eigenvalue weighted by atomic mass is 16.2. The molecule has 0 N–H and O–H groups in total. The van der Waals surface area contributed by atoms with Crippen molar-refractivity contribution in [3.8, 4) is 0 Å². The lowest BCUT2D eigenvalue weighted by molar-refractivity contribution is -0.121. The van der Waals surface area contributed by atoms with Gasteiger partial charge in [0.2, 0.25) is 5.91 Å². The zero-order valence-electron chi connectivity index (χ0n) is 11.6. The predicted octanol–water partition coefficient (Wildman–Crippen LogP) is 3.70. The van der Waals surface area contributed by atoms with Crippen LogP contribution in [0.3, 0.4) is 0 Å². The van der Waals surface area contributed by atoms with Crippen LogP contribution >= 0.6 is 0 Å². The second-order valence-electron chi connectivity index (χ2n) is 4.68. The van der Waals surface area contributed by atoms with Crippen molar-refractivity contribution in [2.24, 2.45) is 5.92 Å². The van der Waals surface area contributed by atoms with E-state index >= 15 is 0 Å². The molecule has 1 aromatic carbocycles. The van der Waals surface area contributed by atoms with E-state index in [2.05, 4.69) is 39.0 Å². The Balaban J connectivity index is 3.09. The third-order valence-corrected chi connectivity index (χ3v) is 3.27. The molecule has 0 spiro atoms. The number of benzene rings is 1. The predicted molar refractivity (Wildman–Crippen MR) is 73.4 cm³/mol. The van der Waals surface area contributed by atoms with Crippen molar-refractivity contribution in [2.45, 2.75) is 41.0 Å². The van der Waals surface area contributed by atoms with Crippen LogP contribution in [0.1, 0.15) is 38.3 Å². The zero-order valence-corrected chi connectivity index (χ0v) is 11.6. The largest absolute Gasteiger partial charge is 0.312 e. The molecule has 1 atom stereocenters. The first-order valence-electron chi connectivity index (χ1n) is 6.39. The Morgan fingerprint density at radius 2 is 1.94 bits per heavy atom. The SMILES string of the molecule is CCC(C)C(=O)N(CC)c1cc(C)ccc1C. The summed E-state index contributed by atoms with van der Waals surface area (Å²) in [5, 5.41) is 0. The molecular weight excluding hydrogens is 210 g/mol. The lowest BCUT2D eigenvalue weighted by atomic mass is 10.0. The van der Waals surface area contributed by atoms with Gasteiger partial charge in [0, 0.05) is 18.2 Å². The zero-order chi connectivity index (χ0) is 13.0. The average molecular weight is 233 g/mol. The molecule has 0 heterocycles. The standard InChI is InChI=1S/C15H23NO/c1-6-12(4)15(17)16(7-2)14-10-11(3)8-9-13(14)5/h8-10,12H,6-7H2,1-5H3. The smallest absolute Gasteiger partial charge is 0.229 e. The fourth-order valence-corrected chi connectivity index (χ4v) is 1.90. The van der Waals surface area contributed by atoms with Crippen LogP contribution in [0.25, 0.3) is 0 Å². The number of rotatable bonds is 4. The van der Waals surface area contributed by atoms with Crippen LogP contribution in [0, 0.1) is 19.8 Å². The number of hydrogen-bond acceptors (Lipinski definition) is 1. The van der Waals surface area contributed by atoms with Crippen LogP contribution in [-0.2, 0) is 4.79 Å². The van der Waals surface area contributed by atoms with E-state index in [0.717, 1.165) is 24.2 Å². The van der Waals surface area contributed by atoms with Crippen LogP contribution in [0.2, 0.25) is 0 Å². The second-order valence-corrected chi connectivity index (χ2v) is 4.68. The van der Waals surface area contributed by atoms with Crippen molar-refractivity contribution in [1.82, 2.24) is 0 Å². The third kappa shape index (κ3) is 3.09. The number of carbonyl (C=O) groups excluding carboxylic acids is 1. The second kappa shape index (κ2) is 5.85. The van der Waals surface area contributed by atoms with Gasteiger partial charge in [-0.05, 0) is 44.4 Å². The molecule has 0 aliphatic carbocycles. The van der Waals surface area contributed by atoms with E-state index in [1.54, 1.807) is 0 Å². The minimum Gasteiger partial charge on any atom is -0.312 e. The number of nitrogens with zero attached hydrogens (tertiary/aromatic N) is 1. The Morgan fingerprint density at radius 1 is 1.29 bits per heavy atom. The Morgan fingerprint density at radius 3 is 2.47 bits per heavy atom. The van der Waals surface area contributed by atoms with Crippen LogP contribution in [-0.4, -0.2) is 12.5 Å². The molecule has 0 aliphatic heterocycles. The summed E-state index contributed by atoms with van der Waals surface area (Å²) in [5.41, 5.74) is 3.41. The van der Waals surface area contributed by atoms with E-state index in [-0.39, 0.29) is 11.8 Å². The van der Waals surface area contributed by atoms with Gasteiger partial charge >= 0.3 is 0 Å². The summed E-state index contributed by atoms with van der Waals surface area (Å²) in [5.74, 6) is 0.318. The van der Waals surface area contributed by atoms with Crippen LogP contribution in [0.5, 0.6) is 0 Å². The van der Waals surface area contributed by atoms with Gasteiger partial charge < -0.3 is 4.90 Å². The van der Waals surface area contributed by atoms with Crippen molar-refractivity contribution in [2.75, 3.05) is 11.4 Å². The van der Waals surface area contributed by atoms with Gasteiger partial charge in [-0.2, -0.15) is 0 Å². The van der Waals surface area contributed by atoms with Gasteiger partial charge in [-0.1, -0.05) is 26.0 Å². The molecule has 1 aromatic rings. The highest BCUT2D eigenvalue weighted by molar-refractivity contribution is 5.95. The maximum atomic E-state index is 12.3. The van der Waals surface area contributed by atoms with Crippen molar-refractivity contribution in [3.05, 3.63) is 29.3 Å². The Labute approximate surface area is 105 Å². The van der Waals surface area contributed by atoms with E-state index < -0.39 is 0 Å². The topological polar surface area (TPSA) is 20.3 Å². The Hall–Kier alpha value is -1.31. The molecule has 94 valence electrons. The average Bonchev–Trinajstić information content (AvgIpc) is 2.33. The molecule has 0 saturated carbocycles. The van der Waals surface area contributed by atoms with Crippen LogP contribution in [0.4, 0.5) is 5.69 Å². The number of hydrogen-bond donors (Lipinski definition) is 0. The first-order chi connectivity index (χ1) is 8.01. The maximum Gasteiger partial charge on any atom is 0.229 e. The van der Waals surface area contributed by atoms with Crippen molar-refractivity contribution in [1.29, 1.82) is 0 Å². The normalized spacial score (nSPS) is 12.3. The van der Waals surface area contributed by atoms with E-state index in [1.165, 1.54) is 5.56 Å². The van der Waals surface area contributed by atoms with Crippen LogP contribution in [0.15, 0.2) is 18.2 Å². The summed E-state index contributed by atoms with van der Waals surface area (Å²) >= 11 is 0. The van der Waals surface area contributed by atoms with Gasteiger partial charge in [0.15, 0.2) is 0 Å². The van der Waals surface area contributed by atoms with Gasteiger partial charge in [0.1, 0.15) is 0 Å². The van der Waals surface area contributed by atoms with E-state index in [1.807, 2.05) is 18.7 Å². The fourth-order valence-electron chi connectivity index (χ4n) is 1.90. The first kappa shape index (κ1) is 13.8. The molecule has 0 radical (unpaired) electrons. The van der Waals surface area contributed by atoms with Crippen LogP contribution < -0.4 is 4.90 Å². The quantitative estimate of drug-likeness (QED) is 0.776. The highest BCUT2D eigenvalue weighted by Gasteiger charge is 2.20. The number of anilines is 1. The number of aryl methyl sites for hydroxylation is 2. The molecule has 0 aliphatic rings. The van der Waals surface area contributed by atoms with Gasteiger partial charge in [-0.15, -0.1) is 0 Å². The van der Waals surface area contributed by atoms with E-state index in [0.29, 0.717) is 0 Å². The molecule has 0 aromatic heterocycles. The fraction of sp³-hybridized carbons (Fsp3) is 0.533. The van der Waals surface area contributed by atoms with Gasteiger partial charge in [-0.25, -0.2) is 0 Å². The molecule has 2 nitrogen and oxygen atoms in total. The van der Waals surface area contributed by atoms with Crippen molar-refractivity contribution >= 4 is 11.6 Å². The number of amides is 1. The molecule has 1 unspecified atom stereocenters. The Bertz CT molecular complexity index is 398. The van der Waals surface area contributed by atoms with Crippen molar-refractivity contribution in [3.63, 3.8) is 0 Å². The minimum absolute atomic E-state index is 0.0925. The first-order valence-corrected chi connectivity index (χ1v) is 6.39. The summed E-state index contributed by atoms with van der Waals surface area (Å²) in [6, 6.07) is 6.26. The summed E-state index contributed by atoms with van der Waals surface area (Å²) in [4.78, 5) is 14.2. The van der Waals surface area contributed by atoms with Gasteiger partial charge in [0.05, 0.1) is 0 Å². The summed E-state index contributed by atoms with van der Waals surface area (Å²) in [6.45, 7) is 10.9. The lowest BCUT2D eigenvalue weighted by Gasteiger charge is -2.26. The lowest BCUT2D eigenvalue weighted by Crippen LogP contribution is -2.35. The molecule has 0 fully saturated rings. The van der Waals surface area contributed by atoms with Gasteiger partial charge in [0.25, 0.3) is 0 Å². The summed E-state index contributed by atoms with van der Waals surface area (Å²) in [6.07, 6.45) is 0.889. The molecule has 1 amide bonds. The summed E-state index contributed by atoms with van der Waals surface area (Å²) < 4.78 is 0. The third-order valence-electron chi connectivity index (χ3n) is 3.27. The summed E-state index contributed by atoms with van der Waals surface area (Å²) in [7, 11) is 0. The Kier molecular flexibility index (Phi) is 4.73. The monoisotopic (exact) mass is 233 g/mol. The molecule has 17 heavy (non-hydrogen) atoms.